The number of fused-ring (bicyclic) bond motifs is 3. The van der Waals surface area contributed by atoms with Crippen molar-refractivity contribution in [3.05, 3.63) is 23.5 Å². The molecule has 5 fully saturated rings. The Morgan fingerprint density at radius 3 is 2.51 bits per heavy atom. The Kier molecular flexibility index (Phi) is 7.68. The molecule has 1 aromatic carbocycles. The fourth-order valence-corrected chi connectivity index (χ4v) is 9.74. The van der Waals surface area contributed by atoms with E-state index < -0.39 is 11.7 Å². The van der Waals surface area contributed by atoms with Crippen LogP contribution in [0.3, 0.4) is 0 Å². The Bertz CT molecular complexity index is 1240. The van der Waals surface area contributed by atoms with E-state index in [1.807, 2.05) is 0 Å². The van der Waals surface area contributed by atoms with Crippen molar-refractivity contribution in [3.8, 4) is 11.5 Å². The van der Waals surface area contributed by atoms with Gasteiger partial charge in [0.15, 0.2) is 11.6 Å². The number of nitrogens with one attached hydrogen (secondary N) is 2. The summed E-state index contributed by atoms with van der Waals surface area (Å²) in [6.45, 7) is 5.03. The number of carbonyl (C=O) groups is 3. The van der Waals surface area contributed by atoms with Crippen molar-refractivity contribution >= 4 is 40.4 Å². The third-order valence-corrected chi connectivity index (χ3v) is 12.5. The Balaban J connectivity index is 1.13. The summed E-state index contributed by atoms with van der Waals surface area (Å²) in [4.78, 5) is 39.2. The van der Waals surface area contributed by atoms with Gasteiger partial charge in [0.1, 0.15) is 11.9 Å². The SMILES string of the molecule is CCOC(=O)[C@H]1[C@@H]2C[C@H](Oc3cc(C(=O)N[C@@H]4[C@H]5CC[C@H](C5)[C@@H]4C(=O)NCC4(C)CCC4)c(OC)cc3F)C[C@@]21I. The third kappa shape index (κ3) is 5.20. The molecule has 10 heteroatoms. The smallest absolute Gasteiger partial charge is 0.310 e. The van der Waals surface area contributed by atoms with Crippen molar-refractivity contribution < 1.29 is 33.0 Å². The Hall–Kier alpha value is -2.11. The van der Waals surface area contributed by atoms with Crippen molar-refractivity contribution in [3.63, 3.8) is 0 Å². The average molecular weight is 683 g/mol. The van der Waals surface area contributed by atoms with Gasteiger partial charge in [-0.1, -0.05) is 35.9 Å². The standard InChI is InChI=1S/C31H40FIN2O6/c1-4-40-29(38)25-20-11-18(14-31(20,25)33)41-23-12-19(22(39-3)13-21(23)32)27(36)35-26-17-7-6-16(10-17)24(26)28(37)34-15-30(2)8-5-9-30/h12-13,16-18,20,24-26H,4-11,14-15H2,1-3H3,(H,34,37)(H,35,36)/t16-,17+,18+,20+,24+,25-,26-,31-/m1/s1. The predicted octanol–water partition coefficient (Wildman–Crippen LogP) is 4.81. The second-order valence-electron chi connectivity index (χ2n) is 13.2. The fourth-order valence-electron chi connectivity index (χ4n) is 8.12. The molecule has 5 saturated carbocycles. The molecule has 0 heterocycles. The quantitative estimate of drug-likeness (QED) is 0.209. The number of benzene rings is 1. The minimum atomic E-state index is -0.606. The lowest BCUT2D eigenvalue weighted by molar-refractivity contribution is -0.145. The van der Waals surface area contributed by atoms with Crippen LogP contribution in [0.4, 0.5) is 4.39 Å². The van der Waals surface area contributed by atoms with E-state index in [2.05, 4.69) is 40.1 Å². The van der Waals surface area contributed by atoms with Crippen LogP contribution in [0.1, 0.15) is 75.6 Å². The van der Waals surface area contributed by atoms with Gasteiger partial charge in [-0.3, -0.25) is 14.4 Å². The van der Waals surface area contributed by atoms with Crippen LogP contribution in [-0.4, -0.2) is 53.6 Å². The molecule has 5 aliphatic rings. The number of methoxy groups -OCH3 is 1. The number of ether oxygens (including phenoxy) is 3. The van der Waals surface area contributed by atoms with Gasteiger partial charge in [0.2, 0.25) is 5.91 Å². The summed E-state index contributed by atoms with van der Waals surface area (Å²) in [7, 11) is 1.40. The van der Waals surface area contributed by atoms with E-state index in [1.54, 1.807) is 6.92 Å². The van der Waals surface area contributed by atoms with E-state index in [0.717, 1.165) is 32.1 Å². The van der Waals surface area contributed by atoms with Gasteiger partial charge >= 0.3 is 5.97 Å². The number of hydrogen-bond donors (Lipinski definition) is 2. The maximum atomic E-state index is 15.1. The maximum absolute atomic E-state index is 15.1. The maximum Gasteiger partial charge on any atom is 0.310 e. The van der Waals surface area contributed by atoms with Gasteiger partial charge in [-0.05, 0) is 81.1 Å². The van der Waals surface area contributed by atoms with E-state index in [9.17, 15) is 14.4 Å². The van der Waals surface area contributed by atoms with Crippen molar-refractivity contribution in [1.82, 2.24) is 10.6 Å². The summed E-state index contributed by atoms with van der Waals surface area (Å²) in [5.74, 6) is -0.787. The summed E-state index contributed by atoms with van der Waals surface area (Å²) in [6, 6.07) is 2.33. The van der Waals surface area contributed by atoms with Gasteiger partial charge in [-0.25, -0.2) is 4.39 Å². The first-order valence-corrected chi connectivity index (χ1v) is 16.1. The number of esters is 1. The minimum Gasteiger partial charge on any atom is -0.496 e. The molecule has 2 amide bonds. The van der Waals surface area contributed by atoms with Crippen LogP contribution in [0.5, 0.6) is 11.5 Å². The molecule has 8 nitrogen and oxygen atoms in total. The summed E-state index contributed by atoms with van der Waals surface area (Å²) in [5, 5.41) is 6.33. The largest absolute Gasteiger partial charge is 0.496 e. The van der Waals surface area contributed by atoms with Gasteiger partial charge in [0, 0.05) is 22.1 Å². The summed E-state index contributed by atoms with van der Waals surface area (Å²) >= 11 is 2.32. The van der Waals surface area contributed by atoms with Gasteiger partial charge in [-0.15, -0.1) is 0 Å². The van der Waals surface area contributed by atoms with E-state index in [4.69, 9.17) is 14.2 Å². The van der Waals surface area contributed by atoms with Crippen LogP contribution >= 0.6 is 22.6 Å². The highest BCUT2D eigenvalue weighted by molar-refractivity contribution is 14.1. The number of alkyl halides is 1. The molecule has 0 spiro atoms. The van der Waals surface area contributed by atoms with Crippen LogP contribution in [0.15, 0.2) is 12.1 Å². The highest BCUT2D eigenvalue weighted by Gasteiger charge is 2.72. The zero-order valence-corrected chi connectivity index (χ0v) is 26.1. The van der Waals surface area contributed by atoms with E-state index in [-0.39, 0.29) is 79.5 Å². The molecule has 2 bridgehead atoms. The highest BCUT2D eigenvalue weighted by atomic mass is 127. The zero-order valence-electron chi connectivity index (χ0n) is 24.0. The molecule has 0 saturated heterocycles. The molecular formula is C31H40FIN2O6. The highest BCUT2D eigenvalue weighted by Crippen LogP contribution is 2.67. The van der Waals surface area contributed by atoms with Crippen molar-refractivity contribution in [2.45, 2.75) is 80.8 Å². The van der Waals surface area contributed by atoms with Crippen LogP contribution in [-0.2, 0) is 14.3 Å². The van der Waals surface area contributed by atoms with Crippen LogP contribution < -0.4 is 20.1 Å². The van der Waals surface area contributed by atoms with E-state index in [0.29, 0.717) is 26.0 Å². The van der Waals surface area contributed by atoms with E-state index >= 15 is 4.39 Å². The summed E-state index contributed by atoms with van der Waals surface area (Å²) < 4.78 is 31.5. The molecular weight excluding hydrogens is 642 g/mol. The predicted molar refractivity (Wildman–Crippen MR) is 158 cm³/mol. The second kappa shape index (κ2) is 10.9. The van der Waals surface area contributed by atoms with Gasteiger partial charge in [-0.2, -0.15) is 0 Å². The normalized spacial score (nSPS) is 35.7. The van der Waals surface area contributed by atoms with Crippen molar-refractivity contribution in [2.75, 3.05) is 20.3 Å². The molecule has 0 unspecified atom stereocenters. The first-order valence-electron chi connectivity index (χ1n) is 15.0. The topological polar surface area (TPSA) is 103 Å². The molecule has 41 heavy (non-hydrogen) atoms. The summed E-state index contributed by atoms with van der Waals surface area (Å²) in [5.41, 5.74) is 0.366. The molecule has 224 valence electrons. The molecule has 1 aromatic rings. The second-order valence-corrected chi connectivity index (χ2v) is 15.2. The van der Waals surface area contributed by atoms with Crippen molar-refractivity contribution in [1.29, 1.82) is 0 Å². The monoisotopic (exact) mass is 682 g/mol. The number of amides is 2. The first kappa shape index (κ1) is 29.0. The Morgan fingerprint density at radius 1 is 1.12 bits per heavy atom. The molecule has 2 N–H and O–H groups in total. The average Bonchev–Trinajstić information content (AvgIpc) is 3.32. The lowest BCUT2D eigenvalue weighted by Gasteiger charge is -2.39. The van der Waals surface area contributed by atoms with Crippen LogP contribution in [0, 0.1) is 40.8 Å². The number of carbonyl (C=O) groups excluding carboxylic acids is 3. The zero-order chi connectivity index (χ0) is 29.1. The Morgan fingerprint density at radius 2 is 1.88 bits per heavy atom. The molecule has 5 aliphatic carbocycles. The minimum absolute atomic E-state index is 0.00841. The van der Waals surface area contributed by atoms with Crippen LogP contribution in [0.25, 0.3) is 0 Å². The van der Waals surface area contributed by atoms with Gasteiger partial charge in [0.05, 0.1) is 31.1 Å². The number of hydrogen-bond acceptors (Lipinski definition) is 6. The van der Waals surface area contributed by atoms with Crippen LogP contribution in [0.2, 0.25) is 0 Å². The molecule has 0 aliphatic heterocycles. The number of rotatable bonds is 10. The first-order chi connectivity index (χ1) is 19.6. The Labute approximate surface area is 254 Å². The third-order valence-electron chi connectivity index (χ3n) is 10.6. The lowest BCUT2D eigenvalue weighted by Crippen LogP contribution is -2.51. The lowest BCUT2D eigenvalue weighted by atomic mass is 9.70. The summed E-state index contributed by atoms with van der Waals surface area (Å²) in [6.07, 6.45) is 7.35. The van der Waals surface area contributed by atoms with Gasteiger partial charge < -0.3 is 24.8 Å². The number of halogens is 2. The molecule has 6 rings (SSSR count). The van der Waals surface area contributed by atoms with Gasteiger partial charge in [0.25, 0.3) is 5.91 Å². The van der Waals surface area contributed by atoms with Crippen molar-refractivity contribution in [2.24, 2.45) is 35.0 Å². The molecule has 0 aromatic heterocycles. The van der Waals surface area contributed by atoms with E-state index in [1.165, 1.54) is 25.7 Å². The fraction of sp³-hybridized carbons (Fsp3) is 0.710. The molecule has 0 radical (unpaired) electrons. The molecule has 8 atom stereocenters.